The summed E-state index contributed by atoms with van der Waals surface area (Å²) in [5.41, 5.74) is 1.43. The van der Waals surface area contributed by atoms with E-state index in [2.05, 4.69) is 49.1 Å². The Labute approximate surface area is 111 Å². The summed E-state index contributed by atoms with van der Waals surface area (Å²) in [5.74, 6) is 2.02. The van der Waals surface area contributed by atoms with E-state index in [1.165, 1.54) is 18.4 Å². The minimum Gasteiger partial charge on any atom is -0.359 e. The summed E-state index contributed by atoms with van der Waals surface area (Å²) in [7, 11) is 2.15. The van der Waals surface area contributed by atoms with Crippen LogP contribution in [0.3, 0.4) is 0 Å². The van der Waals surface area contributed by atoms with Crippen LogP contribution < -0.4 is 10.2 Å². The van der Waals surface area contributed by atoms with E-state index in [0.29, 0.717) is 0 Å². The zero-order chi connectivity index (χ0) is 13.2. The third-order valence-corrected chi connectivity index (χ3v) is 3.27. The van der Waals surface area contributed by atoms with Gasteiger partial charge in [-0.1, -0.05) is 6.07 Å². The average Bonchev–Trinajstić information content (AvgIpc) is 3.09. The van der Waals surface area contributed by atoms with E-state index in [-0.39, 0.29) is 5.54 Å². The van der Waals surface area contributed by atoms with Crippen molar-refractivity contribution in [3.05, 3.63) is 23.9 Å². The van der Waals surface area contributed by atoms with E-state index in [9.17, 15) is 0 Å². The lowest BCUT2D eigenvalue weighted by atomic mass is 10.1. The van der Waals surface area contributed by atoms with E-state index in [1.54, 1.807) is 0 Å². The molecule has 1 fully saturated rings. The highest BCUT2D eigenvalue weighted by Crippen LogP contribution is 2.31. The van der Waals surface area contributed by atoms with Crippen molar-refractivity contribution in [3.8, 4) is 0 Å². The van der Waals surface area contributed by atoms with Crippen LogP contribution in [0.15, 0.2) is 18.3 Å². The maximum atomic E-state index is 4.55. The van der Waals surface area contributed by atoms with Crippen LogP contribution in [0.4, 0.5) is 5.82 Å². The fourth-order valence-corrected chi connectivity index (χ4v) is 2.05. The van der Waals surface area contributed by atoms with Gasteiger partial charge in [-0.3, -0.25) is 0 Å². The fraction of sp³-hybridized carbons (Fsp3) is 0.667. The highest BCUT2D eigenvalue weighted by atomic mass is 15.2. The van der Waals surface area contributed by atoms with Crippen LogP contribution in [0.2, 0.25) is 0 Å². The predicted molar refractivity (Wildman–Crippen MR) is 76.8 cm³/mol. The van der Waals surface area contributed by atoms with E-state index in [0.717, 1.165) is 24.8 Å². The fourth-order valence-electron chi connectivity index (χ4n) is 2.05. The Morgan fingerprint density at radius 2 is 2.11 bits per heavy atom. The number of aromatic nitrogens is 1. The molecular weight excluding hydrogens is 222 g/mol. The third-order valence-electron chi connectivity index (χ3n) is 3.27. The SMILES string of the molecule is CN(CC1CC1)c1ncccc1CNC(C)(C)C. The van der Waals surface area contributed by atoms with Crippen LogP contribution in [0.5, 0.6) is 0 Å². The van der Waals surface area contributed by atoms with Gasteiger partial charge in [0.25, 0.3) is 0 Å². The second-order valence-electron chi connectivity index (χ2n) is 6.41. The Hall–Kier alpha value is -1.09. The molecule has 0 unspecified atom stereocenters. The van der Waals surface area contributed by atoms with Crippen molar-refractivity contribution in [3.63, 3.8) is 0 Å². The minimum atomic E-state index is 0.141. The molecule has 1 aliphatic carbocycles. The largest absolute Gasteiger partial charge is 0.359 e. The van der Waals surface area contributed by atoms with Gasteiger partial charge in [-0.2, -0.15) is 0 Å². The Balaban J connectivity index is 2.04. The van der Waals surface area contributed by atoms with Gasteiger partial charge in [0.2, 0.25) is 0 Å². The first kappa shape index (κ1) is 13.3. The van der Waals surface area contributed by atoms with Gasteiger partial charge in [0.05, 0.1) is 0 Å². The molecule has 0 saturated heterocycles. The number of nitrogens with zero attached hydrogens (tertiary/aromatic N) is 2. The molecule has 2 rings (SSSR count). The summed E-state index contributed by atoms with van der Waals surface area (Å²) >= 11 is 0. The lowest BCUT2D eigenvalue weighted by Crippen LogP contribution is -2.35. The maximum absolute atomic E-state index is 4.55. The van der Waals surface area contributed by atoms with E-state index >= 15 is 0 Å². The van der Waals surface area contributed by atoms with Crippen LogP contribution >= 0.6 is 0 Å². The second kappa shape index (κ2) is 5.27. The summed E-state index contributed by atoms with van der Waals surface area (Å²) in [5, 5.41) is 3.54. The third kappa shape index (κ3) is 3.98. The molecule has 3 nitrogen and oxygen atoms in total. The molecule has 0 spiro atoms. The van der Waals surface area contributed by atoms with Gasteiger partial charge in [-0.25, -0.2) is 4.98 Å². The number of hydrogen-bond donors (Lipinski definition) is 1. The molecule has 0 bridgehead atoms. The van der Waals surface area contributed by atoms with Crippen LogP contribution in [0.25, 0.3) is 0 Å². The molecule has 1 heterocycles. The molecule has 1 aliphatic rings. The first-order valence-electron chi connectivity index (χ1n) is 6.86. The first-order valence-corrected chi connectivity index (χ1v) is 6.86. The first-order chi connectivity index (χ1) is 8.46. The van der Waals surface area contributed by atoms with E-state index in [4.69, 9.17) is 0 Å². The molecule has 1 N–H and O–H groups in total. The maximum Gasteiger partial charge on any atom is 0.132 e. The van der Waals surface area contributed by atoms with Crippen LogP contribution in [0, 0.1) is 5.92 Å². The van der Waals surface area contributed by atoms with Crippen molar-refractivity contribution >= 4 is 5.82 Å². The molecule has 0 atom stereocenters. The van der Waals surface area contributed by atoms with Crippen molar-refractivity contribution in [1.29, 1.82) is 0 Å². The molecule has 1 aromatic heterocycles. The normalized spacial score (nSPS) is 15.8. The summed E-state index contributed by atoms with van der Waals surface area (Å²) < 4.78 is 0. The van der Waals surface area contributed by atoms with Gasteiger partial charge >= 0.3 is 0 Å². The van der Waals surface area contributed by atoms with Gasteiger partial charge in [0, 0.05) is 37.4 Å². The Morgan fingerprint density at radius 3 is 2.72 bits per heavy atom. The topological polar surface area (TPSA) is 28.2 Å². The molecular formula is C15H25N3. The van der Waals surface area contributed by atoms with Crippen molar-refractivity contribution in [2.45, 2.75) is 45.7 Å². The summed E-state index contributed by atoms with van der Waals surface area (Å²) in [4.78, 5) is 6.85. The summed E-state index contributed by atoms with van der Waals surface area (Å²) in [6, 6.07) is 4.19. The predicted octanol–water partition coefficient (Wildman–Crippen LogP) is 2.82. The molecule has 0 amide bonds. The lowest BCUT2D eigenvalue weighted by Gasteiger charge is -2.24. The minimum absolute atomic E-state index is 0.141. The van der Waals surface area contributed by atoms with Gasteiger partial charge in [-0.05, 0) is 45.6 Å². The molecule has 18 heavy (non-hydrogen) atoms. The van der Waals surface area contributed by atoms with Gasteiger partial charge in [0.15, 0.2) is 0 Å². The highest BCUT2D eigenvalue weighted by Gasteiger charge is 2.24. The molecule has 1 saturated carbocycles. The Morgan fingerprint density at radius 1 is 1.39 bits per heavy atom. The van der Waals surface area contributed by atoms with Crippen molar-refractivity contribution < 1.29 is 0 Å². The quantitative estimate of drug-likeness (QED) is 0.867. The summed E-state index contributed by atoms with van der Waals surface area (Å²) in [6.45, 7) is 8.59. The standard InChI is InChI=1S/C15H25N3/c1-15(2,3)17-10-13-6-5-9-16-14(13)18(4)11-12-7-8-12/h5-6,9,12,17H,7-8,10-11H2,1-4H3. The van der Waals surface area contributed by atoms with Crippen molar-refractivity contribution in [2.24, 2.45) is 5.92 Å². The zero-order valence-corrected chi connectivity index (χ0v) is 12.0. The van der Waals surface area contributed by atoms with E-state index < -0.39 is 0 Å². The Bertz CT molecular complexity index is 391. The highest BCUT2D eigenvalue weighted by molar-refractivity contribution is 5.46. The molecule has 1 aromatic rings. The van der Waals surface area contributed by atoms with Crippen LogP contribution in [0.1, 0.15) is 39.2 Å². The molecule has 0 aromatic carbocycles. The van der Waals surface area contributed by atoms with Crippen molar-refractivity contribution in [2.75, 3.05) is 18.5 Å². The average molecular weight is 247 g/mol. The Kier molecular flexibility index (Phi) is 3.91. The number of anilines is 1. The van der Waals surface area contributed by atoms with Gasteiger partial charge < -0.3 is 10.2 Å². The smallest absolute Gasteiger partial charge is 0.132 e. The van der Waals surface area contributed by atoms with E-state index in [1.807, 2.05) is 12.3 Å². The second-order valence-corrected chi connectivity index (χ2v) is 6.41. The molecule has 0 radical (unpaired) electrons. The molecule has 100 valence electrons. The number of nitrogens with one attached hydrogen (secondary N) is 1. The number of rotatable bonds is 5. The molecule has 0 aliphatic heterocycles. The molecule has 3 heteroatoms. The summed E-state index contributed by atoms with van der Waals surface area (Å²) in [6.07, 6.45) is 4.65. The lowest BCUT2D eigenvalue weighted by molar-refractivity contribution is 0.424. The van der Waals surface area contributed by atoms with Gasteiger partial charge in [0.1, 0.15) is 5.82 Å². The zero-order valence-electron chi connectivity index (χ0n) is 12.0. The van der Waals surface area contributed by atoms with Crippen LogP contribution in [-0.2, 0) is 6.54 Å². The number of pyridine rings is 1. The van der Waals surface area contributed by atoms with Crippen molar-refractivity contribution in [1.82, 2.24) is 10.3 Å². The van der Waals surface area contributed by atoms with Gasteiger partial charge in [-0.15, -0.1) is 0 Å². The monoisotopic (exact) mass is 247 g/mol. The van der Waals surface area contributed by atoms with Crippen LogP contribution in [-0.4, -0.2) is 24.1 Å². The number of hydrogen-bond acceptors (Lipinski definition) is 3.